The van der Waals surface area contributed by atoms with Crippen LogP contribution in [0.3, 0.4) is 0 Å². The van der Waals surface area contributed by atoms with E-state index in [1.165, 1.54) is 4.88 Å². The first kappa shape index (κ1) is 16.3. The molecule has 0 aliphatic carbocycles. The molecule has 0 amide bonds. The van der Waals surface area contributed by atoms with Crippen LogP contribution >= 0.6 is 11.3 Å². The van der Waals surface area contributed by atoms with Gasteiger partial charge in [0.25, 0.3) is 0 Å². The number of thiazole rings is 1. The van der Waals surface area contributed by atoms with Crippen molar-refractivity contribution in [1.29, 1.82) is 0 Å². The molecule has 0 atom stereocenters. The standard InChI is InChI=1S/C18H18N2O3S/c1-4-23-14-7-5-13(6-8-14)17-15(9-10-16(21)22)20-11(2)12(3)24-18(20)19-17/h5-10H,4H2,1-3H3,(H,21,22)/b10-9+. The molecule has 0 unspecified atom stereocenters. The van der Waals surface area contributed by atoms with Crippen LogP contribution in [-0.4, -0.2) is 27.1 Å². The van der Waals surface area contributed by atoms with Crippen molar-refractivity contribution in [3.63, 3.8) is 0 Å². The third kappa shape index (κ3) is 2.92. The number of aliphatic carboxylic acids is 1. The molecule has 1 N–H and O–H groups in total. The number of benzene rings is 1. The van der Waals surface area contributed by atoms with Crippen molar-refractivity contribution in [2.45, 2.75) is 20.8 Å². The molecule has 124 valence electrons. The first-order chi connectivity index (χ1) is 11.5. The minimum absolute atomic E-state index is 0.616. The molecule has 0 aliphatic heterocycles. The minimum atomic E-state index is -0.979. The lowest BCUT2D eigenvalue weighted by Gasteiger charge is -2.05. The highest BCUT2D eigenvalue weighted by molar-refractivity contribution is 7.17. The Morgan fingerprint density at radius 2 is 2.04 bits per heavy atom. The fourth-order valence-corrected chi connectivity index (χ4v) is 3.54. The maximum atomic E-state index is 11.0. The van der Waals surface area contributed by atoms with Crippen LogP contribution in [0.1, 0.15) is 23.2 Å². The second kappa shape index (κ2) is 6.49. The first-order valence-electron chi connectivity index (χ1n) is 7.64. The van der Waals surface area contributed by atoms with E-state index in [0.29, 0.717) is 6.61 Å². The minimum Gasteiger partial charge on any atom is -0.494 e. The zero-order valence-electron chi connectivity index (χ0n) is 13.7. The van der Waals surface area contributed by atoms with Crippen LogP contribution in [-0.2, 0) is 4.79 Å². The van der Waals surface area contributed by atoms with Gasteiger partial charge in [0.05, 0.1) is 18.0 Å². The van der Waals surface area contributed by atoms with Crippen LogP contribution in [0.5, 0.6) is 5.75 Å². The van der Waals surface area contributed by atoms with Crippen molar-refractivity contribution < 1.29 is 14.6 Å². The molecule has 2 aromatic heterocycles. The average molecular weight is 342 g/mol. The fourth-order valence-electron chi connectivity index (χ4n) is 2.56. The van der Waals surface area contributed by atoms with Crippen LogP contribution in [0.15, 0.2) is 30.3 Å². The average Bonchev–Trinajstić information content (AvgIpc) is 3.03. The molecule has 0 bridgehead atoms. The number of imidazole rings is 1. The van der Waals surface area contributed by atoms with Crippen LogP contribution in [0, 0.1) is 13.8 Å². The third-order valence-electron chi connectivity index (χ3n) is 3.79. The van der Waals surface area contributed by atoms with E-state index in [9.17, 15) is 4.79 Å². The number of carboxylic acids is 1. The maximum Gasteiger partial charge on any atom is 0.328 e. The molecule has 24 heavy (non-hydrogen) atoms. The second-order valence-electron chi connectivity index (χ2n) is 5.34. The molecule has 3 rings (SSSR count). The Morgan fingerprint density at radius 3 is 2.67 bits per heavy atom. The summed E-state index contributed by atoms with van der Waals surface area (Å²) in [5.74, 6) is -0.177. The highest BCUT2D eigenvalue weighted by atomic mass is 32.1. The van der Waals surface area contributed by atoms with Crippen LogP contribution in [0.25, 0.3) is 22.3 Å². The molecule has 0 aliphatic rings. The highest BCUT2D eigenvalue weighted by Crippen LogP contribution is 2.32. The number of fused-ring (bicyclic) bond motifs is 1. The van der Waals surface area contributed by atoms with Crippen molar-refractivity contribution in [2.24, 2.45) is 0 Å². The summed E-state index contributed by atoms with van der Waals surface area (Å²) in [6, 6.07) is 7.68. The summed E-state index contributed by atoms with van der Waals surface area (Å²) in [6.45, 7) is 6.61. The fraction of sp³-hybridized carbons (Fsp3) is 0.222. The summed E-state index contributed by atoms with van der Waals surface area (Å²) in [7, 11) is 0. The SMILES string of the molecule is CCOc1ccc(-c2nc3sc(C)c(C)n3c2/C=C/C(=O)O)cc1. The van der Waals surface area contributed by atoms with Gasteiger partial charge < -0.3 is 9.84 Å². The number of rotatable bonds is 5. The van der Waals surface area contributed by atoms with Crippen molar-refractivity contribution in [1.82, 2.24) is 9.38 Å². The number of carbonyl (C=O) groups is 1. The lowest BCUT2D eigenvalue weighted by Crippen LogP contribution is -1.93. The molecule has 1 aromatic carbocycles. The molecule has 6 heteroatoms. The van der Waals surface area contributed by atoms with E-state index >= 15 is 0 Å². The lowest BCUT2D eigenvalue weighted by atomic mass is 10.1. The van der Waals surface area contributed by atoms with Gasteiger partial charge in [-0.25, -0.2) is 9.78 Å². The number of aryl methyl sites for hydroxylation is 2. The summed E-state index contributed by atoms with van der Waals surface area (Å²) in [6.07, 6.45) is 2.75. The van der Waals surface area contributed by atoms with Crippen molar-refractivity contribution >= 4 is 28.3 Å². The monoisotopic (exact) mass is 342 g/mol. The summed E-state index contributed by atoms with van der Waals surface area (Å²) in [5.41, 5.74) is 3.55. The lowest BCUT2D eigenvalue weighted by molar-refractivity contribution is -0.131. The summed E-state index contributed by atoms with van der Waals surface area (Å²) < 4.78 is 7.47. The van der Waals surface area contributed by atoms with Gasteiger partial charge in [-0.3, -0.25) is 4.40 Å². The van der Waals surface area contributed by atoms with Crippen molar-refractivity contribution in [3.05, 3.63) is 46.6 Å². The van der Waals surface area contributed by atoms with E-state index in [2.05, 4.69) is 0 Å². The topological polar surface area (TPSA) is 63.8 Å². The van der Waals surface area contributed by atoms with Crippen LogP contribution in [0.4, 0.5) is 0 Å². The van der Waals surface area contributed by atoms with Gasteiger partial charge in [-0.05, 0) is 51.1 Å². The first-order valence-corrected chi connectivity index (χ1v) is 8.45. The van der Waals surface area contributed by atoms with E-state index < -0.39 is 5.97 Å². The number of ether oxygens (including phenoxy) is 1. The molecule has 0 radical (unpaired) electrons. The Kier molecular flexibility index (Phi) is 4.40. The Morgan fingerprint density at radius 1 is 1.33 bits per heavy atom. The zero-order chi connectivity index (χ0) is 17.3. The summed E-state index contributed by atoms with van der Waals surface area (Å²) in [4.78, 5) is 17.7. The molecule has 0 spiro atoms. The van der Waals surface area contributed by atoms with Gasteiger partial charge in [-0.1, -0.05) is 0 Å². The van der Waals surface area contributed by atoms with Gasteiger partial charge in [0, 0.05) is 22.2 Å². The number of hydrogen-bond acceptors (Lipinski definition) is 4. The maximum absolute atomic E-state index is 11.0. The van der Waals surface area contributed by atoms with Gasteiger partial charge in [0.15, 0.2) is 4.96 Å². The Bertz CT molecular complexity index is 920. The Labute approximate surface area is 143 Å². The molecule has 3 aromatic rings. The van der Waals surface area contributed by atoms with Crippen molar-refractivity contribution in [2.75, 3.05) is 6.61 Å². The summed E-state index contributed by atoms with van der Waals surface area (Å²) >= 11 is 1.60. The molecular formula is C18H18N2O3S. The third-order valence-corrected chi connectivity index (χ3v) is 4.85. The zero-order valence-corrected chi connectivity index (χ0v) is 14.6. The predicted octanol–water partition coefficient (Wildman–Crippen LogP) is 4.18. The molecular weight excluding hydrogens is 324 g/mol. The quantitative estimate of drug-likeness (QED) is 0.707. The highest BCUT2D eigenvalue weighted by Gasteiger charge is 2.17. The number of hydrogen-bond donors (Lipinski definition) is 1. The second-order valence-corrected chi connectivity index (χ2v) is 6.52. The van der Waals surface area contributed by atoms with Gasteiger partial charge in [0.1, 0.15) is 5.75 Å². The largest absolute Gasteiger partial charge is 0.494 e. The van der Waals surface area contributed by atoms with E-state index in [4.69, 9.17) is 14.8 Å². The number of aromatic nitrogens is 2. The van der Waals surface area contributed by atoms with Gasteiger partial charge >= 0.3 is 5.97 Å². The Hall–Kier alpha value is -2.60. The van der Waals surface area contributed by atoms with Gasteiger partial charge in [-0.2, -0.15) is 0 Å². The van der Waals surface area contributed by atoms with Crippen LogP contribution < -0.4 is 4.74 Å². The van der Waals surface area contributed by atoms with E-state index in [0.717, 1.165) is 39.4 Å². The van der Waals surface area contributed by atoms with Gasteiger partial charge in [-0.15, -0.1) is 11.3 Å². The molecule has 5 nitrogen and oxygen atoms in total. The van der Waals surface area contributed by atoms with Gasteiger partial charge in [0.2, 0.25) is 0 Å². The summed E-state index contributed by atoms with van der Waals surface area (Å²) in [5, 5.41) is 8.99. The van der Waals surface area contributed by atoms with E-state index in [1.54, 1.807) is 17.4 Å². The molecule has 2 heterocycles. The van der Waals surface area contributed by atoms with Crippen LogP contribution in [0.2, 0.25) is 0 Å². The number of carboxylic acid groups (broad SMARTS) is 1. The molecule has 0 fully saturated rings. The molecule has 0 saturated heterocycles. The Balaban J connectivity index is 2.16. The van der Waals surface area contributed by atoms with E-state index in [1.807, 2.05) is 49.4 Å². The van der Waals surface area contributed by atoms with Crippen molar-refractivity contribution in [3.8, 4) is 17.0 Å². The smallest absolute Gasteiger partial charge is 0.328 e. The predicted molar refractivity (Wildman–Crippen MR) is 95.8 cm³/mol. The van der Waals surface area contributed by atoms with E-state index in [-0.39, 0.29) is 0 Å². The molecule has 0 saturated carbocycles. The normalized spacial score (nSPS) is 11.5. The number of nitrogens with zero attached hydrogens (tertiary/aromatic N) is 2.